The highest BCUT2D eigenvalue weighted by molar-refractivity contribution is 6.06. The van der Waals surface area contributed by atoms with E-state index >= 15 is 0 Å². The van der Waals surface area contributed by atoms with Gasteiger partial charge in [-0.1, -0.05) is 36.4 Å². The average molecular weight is 563 g/mol. The van der Waals surface area contributed by atoms with E-state index in [-0.39, 0.29) is 36.5 Å². The van der Waals surface area contributed by atoms with Crippen molar-refractivity contribution in [2.45, 2.75) is 39.5 Å². The zero-order valence-corrected chi connectivity index (χ0v) is 23.7. The maximum atomic E-state index is 12.5. The van der Waals surface area contributed by atoms with Gasteiger partial charge in [0.2, 0.25) is 11.8 Å². The van der Waals surface area contributed by atoms with Crippen LogP contribution in [-0.4, -0.2) is 23.6 Å². The minimum absolute atomic E-state index is 0.143. The van der Waals surface area contributed by atoms with Crippen LogP contribution in [0.15, 0.2) is 97.1 Å². The van der Waals surface area contributed by atoms with Crippen LogP contribution < -0.4 is 21.3 Å². The standard InChI is InChI=1S/C34H34N4O4/c1-23-9-3-5-11-29(23)33(41)37-27-19-15-25(16-20-27)35-31(39)13-7-8-14-32(40)36-26-17-21-28(22-18-26)38-34(42)30-12-6-4-10-24(30)2/h3-6,9-12,15-22H,7-8,13-14H2,1-2H3,(H,35,39)(H,36,40)(H,37,41)(H,38,42). The molecule has 0 aliphatic rings. The van der Waals surface area contributed by atoms with Crippen LogP contribution in [0.4, 0.5) is 22.7 Å². The highest BCUT2D eigenvalue weighted by Crippen LogP contribution is 2.18. The molecule has 4 amide bonds. The van der Waals surface area contributed by atoms with E-state index in [2.05, 4.69) is 21.3 Å². The summed E-state index contributed by atoms with van der Waals surface area (Å²) < 4.78 is 0. The Morgan fingerprint density at radius 3 is 1.10 bits per heavy atom. The van der Waals surface area contributed by atoms with E-state index in [0.717, 1.165) is 11.1 Å². The molecule has 0 bridgehead atoms. The van der Waals surface area contributed by atoms with E-state index in [0.29, 0.717) is 46.7 Å². The zero-order chi connectivity index (χ0) is 29.9. The maximum absolute atomic E-state index is 12.5. The number of nitrogens with one attached hydrogen (secondary N) is 4. The van der Waals surface area contributed by atoms with Gasteiger partial charge in [-0.25, -0.2) is 0 Å². The third-order valence-electron chi connectivity index (χ3n) is 6.69. The summed E-state index contributed by atoms with van der Waals surface area (Å²) >= 11 is 0. The Morgan fingerprint density at radius 2 is 0.762 bits per heavy atom. The number of rotatable bonds is 11. The van der Waals surface area contributed by atoms with Gasteiger partial charge in [-0.15, -0.1) is 0 Å². The predicted octanol–water partition coefficient (Wildman–Crippen LogP) is 6.95. The fourth-order valence-electron chi connectivity index (χ4n) is 4.34. The zero-order valence-electron chi connectivity index (χ0n) is 23.7. The SMILES string of the molecule is Cc1ccccc1C(=O)Nc1ccc(NC(=O)CCCCC(=O)Nc2ccc(NC(=O)c3ccccc3C)cc2)cc1. The molecule has 0 saturated heterocycles. The van der Waals surface area contributed by atoms with E-state index in [4.69, 9.17) is 0 Å². The summed E-state index contributed by atoms with van der Waals surface area (Å²) in [5, 5.41) is 11.4. The van der Waals surface area contributed by atoms with Crippen molar-refractivity contribution >= 4 is 46.4 Å². The molecule has 0 fully saturated rings. The minimum Gasteiger partial charge on any atom is -0.326 e. The lowest BCUT2D eigenvalue weighted by Gasteiger charge is -2.10. The first-order chi connectivity index (χ1) is 20.3. The van der Waals surface area contributed by atoms with Gasteiger partial charge >= 0.3 is 0 Å². The Hall–Kier alpha value is -5.24. The fraction of sp³-hybridized carbons (Fsp3) is 0.176. The van der Waals surface area contributed by atoms with Crippen molar-refractivity contribution in [3.8, 4) is 0 Å². The van der Waals surface area contributed by atoms with E-state index in [1.165, 1.54) is 0 Å². The Morgan fingerprint density at radius 1 is 0.452 bits per heavy atom. The number of anilines is 4. The Balaban J connectivity index is 1.13. The number of benzene rings is 4. The average Bonchev–Trinajstić information content (AvgIpc) is 2.98. The van der Waals surface area contributed by atoms with Crippen molar-refractivity contribution in [3.63, 3.8) is 0 Å². The molecule has 4 N–H and O–H groups in total. The molecule has 0 heterocycles. The molecule has 0 unspecified atom stereocenters. The summed E-state index contributed by atoms with van der Waals surface area (Å²) in [6, 6.07) is 28.6. The quantitative estimate of drug-likeness (QED) is 0.148. The third-order valence-corrected chi connectivity index (χ3v) is 6.69. The van der Waals surface area contributed by atoms with E-state index in [1.54, 1.807) is 60.7 Å². The van der Waals surface area contributed by atoms with E-state index < -0.39 is 0 Å². The molecule has 8 nitrogen and oxygen atoms in total. The van der Waals surface area contributed by atoms with Crippen LogP contribution in [0.5, 0.6) is 0 Å². The second-order valence-electron chi connectivity index (χ2n) is 10.00. The van der Waals surface area contributed by atoms with Crippen LogP contribution in [0.3, 0.4) is 0 Å². The van der Waals surface area contributed by atoms with Crippen molar-refractivity contribution in [2.75, 3.05) is 21.3 Å². The van der Waals surface area contributed by atoms with Crippen LogP contribution in [0, 0.1) is 13.8 Å². The Kier molecular flexibility index (Phi) is 10.2. The van der Waals surface area contributed by atoms with Gasteiger partial charge in [-0.05, 0) is 98.5 Å². The molecule has 8 heteroatoms. The van der Waals surface area contributed by atoms with Crippen molar-refractivity contribution in [1.29, 1.82) is 0 Å². The van der Waals surface area contributed by atoms with Crippen LogP contribution in [0.1, 0.15) is 57.5 Å². The molecular weight excluding hydrogens is 528 g/mol. The molecule has 4 aromatic carbocycles. The number of carbonyl (C=O) groups is 4. The molecule has 0 radical (unpaired) electrons. The van der Waals surface area contributed by atoms with E-state index in [9.17, 15) is 19.2 Å². The molecule has 4 rings (SSSR count). The number of carbonyl (C=O) groups excluding carboxylic acids is 4. The highest BCUT2D eigenvalue weighted by atomic mass is 16.2. The molecule has 42 heavy (non-hydrogen) atoms. The van der Waals surface area contributed by atoms with Gasteiger partial charge in [-0.3, -0.25) is 19.2 Å². The van der Waals surface area contributed by atoms with Crippen LogP contribution in [0.25, 0.3) is 0 Å². The first-order valence-corrected chi connectivity index (χ1v) is 13.8. The van der Waals surface area contributed by atoms with Gasteiger partial charge in [-0.2, -0.15) is 0 Å². The van der Waals surface area contributed by atoms with Crippen LogP contribution in [0.2, 0.25) is 0 Å². The number of amides is 4. The predicted molar refractivity (Wildman–Crippen MR) is 167 cm³/mol. The summed E-state index contributed by atoms with van der Waals surface area (Å²) in [5.41, 5.74) is 5.54. The fourth-order valence-corrected chi connectivity index (χ4v) is 4.34. The van der Waals surface area contributed by atoms with Crippen LogP contribution >= 0.6 is 0 Å². The summed E-state index contributed by atoms with van der Waals surface area (Å²) in [5.74, 6) is -0.660. The topological polar surface area (TPSA) is 116 Å². The second-order valence-corrected chi connectivity index (χ2v) is 10.00. The van der Waals surface area contributed by atoms with Gasteiger partial charge < -0.3 is 21.3 Å². The van der Waals surface area contributed by atoms with Crippen molar-refractivity contribution in [2.24, 2.45) is 0 Å². The summed E-state index contributed by atoms with van der Waals surface area (Å²) in [7, 11) is 0. The Labute approximate surface area is 245 Å². The smallest absolute Gasteiger partial charge is 0.255 e. The normalized spacial score (nSPS) is 10.4. The third kappa shape index (κ3) is 8.63. The number of hydrogen-bond donors (Lipinski definition) is 4. The summed E-state index contributed by atoms with van der Waals surface area (Å²) in [6.07, 6.45) is 1.70. The molecular formula is C34H34N4O4. The largest absolute Gasteiger partial charge is 0.326 e. The molecule has 0 atom stereocenters. The maximum Gasteiger partial charge on any atom is 0.255 e. The monoisotopic (exact) mass is 562 g/mol. The minimum atomic E-state index is -0.187. The second kappa shape index (κ2) is 14.4. The lowest BCUT2D eigenvalue weighted by Crippen LogP contribution is -2.14. The van der Waals surface area contributed by atoms with Gasteiger partial charge in [0.1, 0.15) is 0 Å². The molecule has 0 saturated carbocycles. The van der Waals surface area contributed by atoms with Crippen molar-refractivity contribution < 1.29 is 19.2 Å². The Bertz CT molecular complexity index is 1440. The molecule has 0 aliphatic heterocycles. The highest BCUT2D eigenvalue weighted by Gasteiger charge is 2.11. The molecule has 0 aromatic heterocycles. The summed E-state index contributed by atoms with van der Waals surface area (Å²) in [6.45, 7) is 3.77. The summed E-state index contributed by atoms with van der Waals surface area (Å²) in [4.78, 5) is 49.6. The van der Waals surface area contributed by atoms with Gasteiger partial charge in [0.05, 0.1) is 0 Å². The molecule has 4 aromatic rings. The lowest BCUT2D eigenvalue weighted by atomic mass is 10.1. The van der Waals surface area contributed by atoms with Gasteiger partial charge in [0.15, 0.2) is 0 Å². The van der Waals surface area contributed by atoms with Crippen molar-refractivity contribution in [3.05, 3.63) is 119 Å². The first-order valence-electron chi connectivity index (χ1n) is 13.8. The molecule has 0 aliphatic carbocycles. The lowest BCUT2D eigenvalue weighted by molar-refractivity contribution is -0.118. The van der Waals surface area contributed by atoms with Gasteiger partial charge in [0, 0.05) is 46.7 Å². The van der Waals surface area contributed by atoms with Crippen LogP contribution in [-0.2, 0) is 9.59 Å². The number of aryl methyl sites for hydroxylation is 2. The number of unbranched alkanes of at least 4 members (excludes halogenated alkanes) is 1. The first kappa shape index (κ1) is 29.7. The van der Waals surface area contributed by atoms with Crippen molar-refractivity contribution in [1.82, 2.24) is 0 Å². The number of hydrogen-bond acceptors (Lipinski definition) is 4. The molecule has 0 spiro atoms. The molecule has 214 valence electrons. The van der Waals surface area contributed by atoms with Gasteiger partial charge in [0.25, 0.3) is 11.8 Å². The van der Waals surface area contributed by atoms with E-state index in [1.807, 2.05) is 50.2 Å².